The van der Waals surface area contributed by atoms with Gasteiger partial charge in [0.25, 0.3) is 0 Å². The van der Waals surface area contributed by atoms with Gasteiger partial charge >= 0.3 is 0 Å². The molecule has 0 amide bonds. The van der Waals surface area contributed by atoms with Crippen LogP contribution in [-0.2, 0) is 0 Å². The Morgan fingerprint density at radius 2 is 2.17 bits per heavy atom. The lowest BCUT2D eigenvalue weighted by molar-refractivity contribution is 0.322. The van der Waals surface area contributed by atoms with E-state index in [9.17, 15) is 0 Å². The monoisotopic (exact) mass is 191 g/mol. The Morgan fingerprint density at radius 1 is 1.42 bits per heavy atom. The first-order valence-corrected chi connectivity index (χ1v) is 5.86. The Balaban J connectivity index is 3.06. The van der Waals surface area contributed by atoms with E-state index in [2.05, 4.69) is 12.2 Å². The molecule has 0 saturated carbocycles. The smallest absolute Gasteiger partial charge is 0.0521 e. The summed E-state index contributed by atoms with van der Waals surface area (Å²) in [6.07, 6.45) is 3.72. The minimum absolute atomic E-state index is 0.313. The number of hydrogen-bond acceptors (Lipinski definition) is 3. The Morgan fingerprint density at radius 3 is 2.67 bits per heavy atom. The van der Waals surface area contributed by atoms with Crippen molar-refractivity contribution < 1.29 is 5.11 Å². The molecule has 0 fully saturated rings. The molecule has 0 aliphatic carbocycles. The van der Waals surface area contributed by atoms with Crippen molar-refractivity contribution in [3.63, 3.8) is 0 Å². The molecular weight excluding hydrogens is 170 g/mol. The van der Waals surface area contributed by atoms with Crippen LogP contribution in [-0.4, -0.2) is 36.3 Å². The number of aliphatic hydroxyl groups excluding tert-OH is 1. The summed E-state index contributed by atoms with van der Waals surface area (Å²) in [5.74, 6) is 2.06. The van der Waals surface area contributed by atoms with Crippen LogP contribution in [0.5, 0.6) is 0 Å². The molecule has 0 radical (unpaired) electrons. The third-order valence-electron chi connectivity index (χ3n) is 1.98. The Bertz CT molecular complexity index is 86.6. The molecule has 12 heavy (non-hydrogen) atoms. The van der Waals surface area contributed by atoms with Crippen LogP contribution in [0.15, 0.2) is 0 Å². The van der Waals surface area contributed by atoms with Crippen molar-refractivity contribution in [1.29, 1.82) is 0 Å². The molecule has 1 atom stereocenters. The van der Waals surface area contributed by atoms with Crippen LogP contribution in [0.3, 0.4) is 0 Å². The topological polar surface area (TPSA) is 32.3 Å². The van der Waals surface area contributed by atoms with Crippen LogP contribution in [0.1, 0.15) is 26.2 Å². The largest absolute Gasteiger partial charge is 0.396 e. The van der Waals surface area contributed by atoms with Gasteiger partial charge < -0.3 is 10.4 Å². The van der Waals surface area contributed by atoms with Crippen molar-refractivity contribution in [2.45, 2.75) is 32.2 Å². The lowest BCUT2D eigenvalue weighted by Crippen LogP contribution is -2.23. The average Bonchev–Trinajstić information content (AvgIpc) is 2.11. The predicted molar refractivity (Wildman–Crippen MR) is 56.8 cm³/mol. The highest BCUT2D eigenvalue weighted by atomic mass is 32.2. The zero-order valence-electron chi connectivity index (χ0n) is 8.18. The maximum atomic E-state index is 8.53. The third-order valence-corrected chi connectivity index (χ3v) is 3.03. The highest BCUT2D eigenvalue weighted by molar-refractivity contribution is 7.99. The SMILES string of the molecule is CCC(CCCSCCO)NC. The normalized spacial score (nSPS) is 13.2. The summed E-state index contributed by atoms with van der Waals surface area (Å²) in [7, 11) is 2.02. The minimum atomic E-state index is 0.313. The highest BCUT2D eigenvalue weighted by Crippen LogP contribution is 2.07. The van der Waals surface area contributed by atoms with Crippen LogP contribution in [0.4, 0.5) is 0 Å². The molecule has 0 aliphatic rings. The molecule has 0 spiro atoms. The van der Waals surface area contributed by atoms with E-state index in [1.54, 1.807) is 0 Å². The maximum absolute atomic E-state index is 8.53. The quantitative estimate of drug-likeness (QED) is 0.570. The maximum Gasteiger partial charge on any atom is 0.0521 e. The van der Waals surface area contributed by atoms with Crippen LogP contribution in [0, 0.1) is 0 Å². The van der Waals surface area contributed by atoms with E-state index in [4.69, 9.17) is 5.11 Å². The second-order valence-electron chi connectivity index (χ2n) is 2.87. The van der Waals surface area contributed by atoms with Crippen molar-refractivity contribution >= 4 is 11.8 Å². The van der Waals surface area contributed by atoms with Gasteiger partial charge in [-0.3, -0.25) is 0 Å². The number of rotatable bonds is 8. The fraction of sp³-hybridized carbons (Fsp3) is 1.00. The van der Waals surface area contributed by atoms with Gasteiger partial charge in [0.2, 0.25) is 0 Å². The van der Waals surface area contributed by atoms with Crippen molar-refractivity contribution in [2.75, 3.05) is 25.2 Å². The van der Waals surface area contributed by atoms with Crippen LogP contribution in [0.25, 0.3) is 0 Å². The average molecular weight is 191 g/mol. The van der Waals surface area contributed by atoms with Gasteiger partial charge in [0, 0.05) is 11.8 Å². The second kappa shape index (κ2) is 9.36. The van der Waals surface area contributed by atoms with Crippen molar-refractivity contribution in [1.82, 2.24) is 5.32 Å². The van der Waals surface area contributed by atoms with E-state index in [0.29, 0.717) is 12.6 Å². The number of thioether (sulfide) groups is 1. The van der Waals surface area contributed by atoms with Gasteiger partial charge in [-0.2, -0.15) is 11.8 Å². The van der Waals surface area contributed by atoms with Gasteiger partial charge in [-0.15, -0.1) is 0 Å². The van der Waals surface area contributed by atoms with E-state index >= 15 is 0 Å². The molecule has 74 valence electrons. The molecule has 0 saturated heterocycles. The molecule has 2 nitrogen and oxygen atoms in total. The third kappa shape index (κ3) is 6.95. The van der Waals surface area contributed by atoms with Crippen molar-refractivity contribution in [3.05, 3.63) is 0 Å². The zero-order chi connectivity index (χ0) is 9.23. The van der Waals surface area contributed by atoms with Crippen LogP contribution in [0.2, 0.25) is 0 Å². The molecule has 3 heteroatoms. The molecular formula is C9H21NOS. The number of hydrogen-bond donors (Lipinski definition) is 2. The molecule has 1 unspecified atom stereocenters. The lowest BCUT2D eigenvalue weighted by atomic mass is 10.1. The van der Waals surface area contributed by atoms with Crippen molar-refractivity contribution in [2.24, 2.45) is 0 Å². The van der Waals surface area contributed by atoms with E-state index in [1.165, 1.54) is 25.0 Å². The Hall–Kier alpha value is 0.270. The van der Waals surface area contributed by atoms with Gasteiger partial charge in [0.05, 0.1) is 6.61 Å². The Labute approximate surface area is 80.1 Å². The van der Waals surface area contributed by atoms with E-state index in [-0.39, 0.29) is 0 Å². The fourth-order valence-corrected chi connectivity index (χ4v) is 1.86. The number of nitrogens with one attached hydrogen (secondary N) is 1. The summed E-state index contributed by atoms with van der Waals surface area (Å²) in [6, 6.07) is 0.680. The van der Waals surface area contributed by atoms with Crippen LogP contribution < -0.4 is 5.32 Å². The number of aliphatic hydroxyl groups is 1. The first kappa shape index (κ1) is 12.3. The van der Waals surface area contributed by atoms with Crippen LogP contribution >= 0.6 is 11.8 Å². The van der Waals surface area contributed by atoms with E-state index in [0.717, 1.165) is 5.75 Å². The summed E-state index contributed by atoms with van der Waals surface area (Å²) >= 11 is 1.84. The van der Waals surface area contributed by atoms with Gasteiger partial charge in [-0.1, -0.05) is 6.92 Å². The molecule has 0 aromatic heterocycles. The van der Waals surface area contributed by atoms with Gasteiger partial charge in [-0.05, 0) is 32.1 Å². The predicted octanol–water partition coefficient (Wildman–Crippen LogP) is 1.49. The van der Waals surface area contributed by atoms with E-state index in [1.807, 2.05) is 18.8 Å². The molecule has 0 rings (SSSR count). The van der Waals surface area contributed by atoms with Gasteiger partial charge in [0.15, 0.2) is 0 Å². The summed E-state index contributed by atoms with van der Waals surface area (Å²) in [6.45, 7) is 2.52. The van der Waals surface area contributed by atoms with Gasteiger partial charge in [0.1, 0.15) is 0 Å². The summed E-state index contributed by atoms with van der Waals surface area (Å²) < 4.78 is 0. The lowest BCUT2D eigenvalue weighted by Gasteiger charge is -2.12. The first-order chi connectivity index (χ1) is 5.85. The molecule has 0 bridgehead atoms. The van der Waals surface area contributed by atoms with Crippen molar-refractivity contribution in [3.8, 4) is 0 Å². The molecule has 2 N–H and O–H groups in total. The summed E-state index contributed by atoms with van der Waals surface area (Å²) in [4.78, 5) is 0. The zero-order valence-corrected chi connectivity index (χ0v) is 8.99. The Kier molecular flexibility index (Phi) is 9.57. The van der Waals surface area contributed by atoms with Gasteiger partial charge in [-0.25, -0.2) is 0 Å². The molecule has 0 heterocycles. The summed E-state index contributed by atoms with van der Waals surface area (Å²) in [5.41, 5.74) is 0. The van der Waals surface area contributed by atoms with E-state index < -0.39 is 0 Å². The summed E-state index contributed by atoms with van der Waals surface area (Å²) in [5, 5.41) is 11.8. The first-order valence-electron chi connectivity index (χ1n) is 4.71. The standard InChI is InChI=1S/C9H21NOS/c1-3-9(10-2)5-4-7-12-8-6-11/h9-11H,3-8H2,1-2H3. The fourth-order valence-electron chi connectivity index (χ4n) is 1.15. The minimum Gasteiger partial charge on any atom is -0.396 e. The second-order valence-corrected chi connectivity index (χ2v) is 4.10. The highest BCUT2D eigenvalue weighted by Gasteiger charge is 2.01. The molecule has 0 aliphatic heterocycles. The molecule has 0 aromatic carbocycles. The molecule has 0 aromatic rings.